The molecule has 2 aromatic rings. The number of carbonyl (C=O) groups is 2. The molecule has 0 bridgehead atoms. The van der Waals surface area contributed by atoms with Gasteiger partial charge in [-0.15, -0.1) is 0 Å². The van der Waals surface area contributed by atoms with Crippen molar-refractivity contribution >= 4 is 29.1 Å². The summed E-state index contributed by atoms with van der Waals surface area (Å²) in [4.78, 5) is 23.2. The minimum absolute atomic E-state index is 0.111. The number of nitriles is 1. The molecule has 2 N–H and O–H groups in total. The highest BCUT2D eigenvalue weighted by molar-refractivity contribution is 6.30. The van der Waals surface area contributed by atoms with Crippen molar-refractivity contribution in [3.8, 4) is 11.8 Å². The van der Waals surface area contributed by atoms with Gasteiger partial charge in [-0.05, 0) is 42.0 Å². The number of amides is 2. The van der Waals surface area contributed by atoms with Crippen molar-refractivity contribution < 1.29 is 14.3 Å². The number of halogens is 1. The fourth-order valence-electron chi connectivity index (χ4n) is 1.97. The zero-order valence-electron chi connectivity index (χ0n) is 13.3. The van der Waals surface area contributed by atoms with Gasteiger partial charge < -0.3 is 15.4 Å². The quantitative estimate of drug-likeness (QED) is 0.797. The van der Waals surface area contributed by atoms with Crippen LogP contribution in [0.1, 0.15) is 12.0 Å². The Morgan fingerprint density at radius 1 is 1.12 bits per heavy atom. The lowest BCUT2D eigenvalue weighted by molar-refractivity contribution is -0.123. The van der Waals surface area contributed by atoms with E-state index in [9.17, 15) is 9.59 Å². The van der Waals surface area contributed by atoms with Crippen LogP contribution < -0.4 is 15.4 Å². The molecule has 2 aromatic carbocycles. The lowest BCUT2D eigenvalue weighted by Crippen LogP contribution is -2.28. The van der Waals surface area contributed by atoms with Gasteiger partial charge >= 0.3 is 0 Å². The van der Waals surface area contributed by atoms with Crippen LogP contribution in [0.4, 0.5) is 5.69 Å². The lowest BCUT2D eigenvalue weighted by atomic mass is 10.2. The second kappa shape index (κ2) is 9.30. The fourth-order valence-corrected chi connectivity index (χ4v) is 2.09. The molecule has 0 saturated heterocycles. The summed E-state index contributed by atoms with van der Waals surface area (Å²) in [6.07, 6.45) is -0.205. The third kappa shape index (κ3) is 6.53. The van der Waals surface area contributed by atoms with E-state index in [4.69, 9.17) is 21.6 Å². The zero-order valence-corrected chi connectivity index (χ0v) is 14.0. The molecular weight excluding hydrogens is 342 g/mol. The highest BCUT2D eigenvalue weighted by Crippen LogP contribution is 2.15. The third-order valence-electron chi connectivity index (χ3n) is 3.12. The number of hydrogen-bond acceptors (Lipinski definition) is 4. The molecule has 2 rings (SSSR count). The Hall–Kier alpha value is -3.04. The number of nitrogens with one attached hydrogen (secondary N) is 2. The van der Waals surface area contributed by atoms with Gasteiger partial charge in [-0.25, -0.2) is 0 Å². The van der Waals surface area contributed by atoms with Gasteiger partial charge in [0.05, 0.1) is 6.07 Å². The molecule has 0 saturated carbocycles. The standard InChI is InChI=1S/C18H16ClN3O3/c19-14-4-6-16(7-5-14)25-12-18(24)21-11-13-2-1-3-15(10-13)22-17(23)8-9-20/h1-7,10H,8,11-12H2,(H,21,24)(H,22,23). The van der Waals surface area contributed by atoms with Crippen LogP contribution in [0.2, 0.25) is 5.02 Å². The van der Waals surface area contributed by atoms with Gasteiger partial charge in [-0.3, -0.25) is 9.59 Å². The van der Waals surface area contributed by atoms with Crippen LogP contribution in [0.25, 0.3) is 0 Å². The SMILES string of the molecule is N#CCC(=O)Nc1cccc(CNC(=O)COc2ccc(Cl)cc2)c1. The maximum atomic E-state index is 11.8. The predicted octanol–water partition coefficient (Wildman–Crippen LogP) is 2.89. The van der Waals surface area contributed by atoms with Crippen molar-refractivity contribution in [3.05, 3.63) is 59.1 Å². The zero-order chi connectivity index (χ0) is 18.1. The number of carbonyl (C=O) groups excluding carboxylic acids is 2. The topological polar surface area (TPSA) is 91.2 Å². The summed E-state index contributed by atoms with van der Waals surface area (Å²) < 4.78 is 5.36. The van der Waals surface area contributed by atoms with E-state index in [2.05, 4.69) is 10.6 Å². The van der Waals surface area contributed by atoms with E-state index in [1.165, 1.54) is 0 Å². The van der Waals surface area contributed by atoms with Crippen LogP contribution in [-0.4, -0.2) is 18.4 Å². The van der Waals surface area contributed by atoms with Crippen LogP contribution in [0.15, 0.2) is 48.5 Å². The molecule has 25 heavy (non-hydrogen) atoms. The van der Waals surface area contributed by atoms with E-state index in [0.717, 1.165) is 5.56 Å². The van der Waals surface area contributed by atoms with Crippen molar-refractivity contribution in [2.24, 2.45) is 0 Å². The smallest absolute Gasteiger partial charge is 0.258 e. The van der Waals surface area contributed by atoms with Crippen LogP contribution >= 0.6 is 11.6 Å². The molecule has 0 aliphatic heterocycles. The van der Waals surface area contributed by atoms with Gasteiger partial charge in [0.25, 0.3) is 5.91 Å². The minimum Gasteiger partial charge on any atom is -0.484 e. The first kappa shape index (κ1) is 18.3. The Labute approximate surface area is 150 Å². The van der Waals surface area contributed by atoms with Gasteiger partial charge in [0.15, 0.2) is 6.61 Å². The summed E-state index contributed by atoms with van der Waals surface area (Å²) in [6.45, 7) is 0.186. The number of hydrogen-bond donors (Lipinski definition) is 2. The maximum Gasteiger partial charge on any atom is 0.258 e. The summed E-state index contributed by atoms with van der Waals surface area (Å²) in [6, 6.07) is 15.5. The molecule has 0 spiro atoms. The molecule has 2 amide bonds. The van der Waals surface area contributed by atoms with E-state index < -0.39 is 0 Å². The number of nitrogens with zero attached hydrogens (tertiary/aromatic N) is 1. The van der Waals surface area contributed by atoms with Gasteiger partial charge in [-0.1, -0.05) is 23.7 Å². The van der Waals surface area contributed by atoms with Gasteiger partial charge in [0.1, 0.15) is 12.2 Å². The molecule has 0 aliphatic rings. The Balaban J connectivity index is 1.80. The minimum atomic E-state index is -0.375. The van der Waals surface area contributed by atoms with Gasteiger partial charge in [0, 0.05) is 17.3 Å². The predicted molar refractivity (Wildman–Crippen MR) is 94.1 cm³/mol. The highest BCUT2D eigenvalue weighted by atomic mass is 35.5. The first-order chi connectivity index (χ1) is 12.1. The lowest BCUT2D eigenvalue weighted by Gasteiger charge is -2.09. The fraction of sp³-hybridized carbons (Fsp3) is 0.167. The molecule has 128 valence electrons. The first-order valence-electron chi connectivity index (χ1n) is 7.47. The molecule has 0 aromatic heterocycles. The normalized spacial score (nSPS) is 9.76. The summed E-state index contributed by atoms with van der Waals surface area (Å²) in [5.74, 6) is -0.0873. The van der Waals surface area contributed by atoms with Crippen LogP contribution in [0.3, 0.4) is 0 Å². The van der Waals surface area contributed by atoms with Crippen molar-refractivity contribution in [2.75, 3.05) is 11.9 Å². The number of benzene rings is 2. The highest BCUT2D eigenvalue weighted by Gasteiger charge is 2.05. The molecule has 0 atom stereocenters. The van der Waals surface area contributed by atoms with Gasteiger partial charge in [-0.2, -0.15) is 5.26 Å². The van der Waals surface area contributed by atoms with E-state index >= 15 is 0 Å². The Morgan fingerprint density at radius 3 is 2.60 bits per heavy atom. The second-order valence-electron chi connectivity index (χ2n) is 5.10. The molecule has 6 nitrogen and oxygen atoms in total. The molecule has 0 fully saturated rings. The van der Waals surface area contributed by atoms with E-state index in [-0.39, 0.29) is 24.8 Å². The van der Waals surface area contributed by atoms with Crippen LogP contribution in [0.5, 0.6) is 5.75 Å². The monoisotopic (exact) mass is 357 g/mol. The van der Waals surface area contributed by atoms with Crippen molar-refractivity contribution in [1.82, 2.24) is 5.32 Å². The Bertz CT molecular complexity index is 785. The summed E-state index contributed by atoms with van der Waals surface area (Å²) >= 11 is 5.78. The number of ether oxygens (including phenoxy) is 1. The molecule has 0 unspecified atom stereocenters. The van der Waals surface area contributed by atoms with Crippen molar-refractivity contribution in [1.29, 1.82) is 5.26 Å². The molecule has 0 radical (unpaired) electrons. The molecule has 7 heteroatoms. The number of anilines is 1. The maximum absolute atomic E-state index is 11.8. The summed E-state index contributed by atoms with van der Waals surface area (Å²) in [5.41, 5.74) is 1.39. The third-order valence-corrected chi connectivity index (χ3v) is 3.38. The summed E-state index contributed by atoms with van der Waals surface area (Å²) in [7, 11) is 0. The Morgan fingerprint density at radius 2 is 1.88 bits per heavy atom. The van der Waals surface area contributed by atoms with Crippen LogP contribution in [0, 0.1) is 11.3 Å². The van der Waals surface area contributed by atoms with E-state index in [1.54, 1.807) is 48.5 Å². The second-order valence-corrected chi connectivity index (χ2v) is 5.54. The largest absolute Gasteiger partial charge is 0.484 e. The van der Waals surface area contributed by atoms with Crippen molar-refractivity contribution in [3.63, 3.8) is 0 Å². The molecule has 0 aliphatic carbocycles. The van der Waals surface area contributed by atoms with Crippen LogP contribution in [-0.2, 0) is 16.1 Å². The average Bonchev–Trinajstić information content (AvgIpc) is 2.60. The number of rotatable bonds is 7. The average molecular weight is 358 g/mol. The first-order valence-corrected chi connectivity index (χ1v) is 7.85. The van der Waals surface area contributed by atoms with E-state index in [1.807, 2.05) is 6.07 Å². The van der Waals surface area contributed by atoms with Crippen molar-refractivity contribution in [2.45, 2.75) is 13.0 Å². The molecule has 0 heterocycles. The molecular formula is C18H16ClN3O3. The van der Waals surface area contributed by atoms with E-state index in [0.29, 0.717) is 23.0 Å². The van der Waals surface area contributed by atoms with Gasteiger partial charge in [0.2, 0.25) is 5.91 Å². The Kier molecular flexibility index (Phi) is 6.81. The summed E-state index contributed by atoms with van der Waals surface area (Å²) in [5, 5.41) is 14.4.